The van der Waals surface area contributed by atoms with Crippen molar-refractivity contribution >= 4 is 11.9 Å². The Morgan fingerprint density at radius 2 is 1.62 bits per heavy atom. The molecule has 1 fully saturated rings. The first-order chi connectivity index (χ1) is 19.5. The third kappa shape index (κ3) is 7.88. The number of esters is 1. The van der Waals surface area contributed by atoms with Gasteiger partial charge in [0.25, 0.3) is 0 Å². The number of methoxy groups -OCH3 is 1. The molecule has 0 bridgehead atoms. The van der Waals surface area contributed by atoms with Gasteiger partial charge in [0, 0.05) is 36.6 Å². The number of aromatic nitrogens is 2. The Hall–Kier alpha value is -3.78. The molecule has 2 N–H and O–H groups in total. The van der Waals surface area contributed by atoms with Gasteiger partial charge in [-0.2, -0.15) is 0 Å². The summed E-state index contributed by atoms with van der Waals surface area (Å²) in [7, 11) is 1.37. The number of hydrogen-bond acceptors (Lipinski definition) is 7. The fourth-order valence-corrected chi connectivity index (χ4v) is 4.95. The van der Waals surface area contributed by atoms with Crippen molar-refractivity contribution in [1.82, 2.24) is 14.9 Å². The Kier molecular flexibility index (Phi) is 10.6. The summed E-state index contributed by atoms with van der Waals surface area (Å²) in [4.78, 5) is 35.3. The van der Waals surface area contributed by atoms with Crippen LogP contribution < -0.4 is 10.5 Å². The molecule has 212 valence electrons. The number of rotatable bonds is 13. The van der Waals surface area contributed by atoms with Crippen molar-refractivity contribution in [1.29, 1.82) is 0 Å². The first-order valence-electron chi connectivity index (χ1n) is 14.2. The van der Waals surface area contributed by atoms with Gasteiger partial charge in [0.05, 0.1) is 25.7 Å². The monoisotopic (exact) mass is 544 g/mol. The molecule has 1 aliphatic heterocycles. The average molecular weight is 545 g/mol. The number of benzene rings is 2. The molecule has 1 amide bonds. The predicted molar refractivity (Wildman–Crippen MR) is 156 cm³/mol. The highest BCUT2D eigenvalue weighted by atomic mass is 16.5. The molecule has 1 aliphatic rings. The van der Waals surface area contributed by atoms with E-state index in [-0.39, 0.29) is 17.8 Å². The summed E-state index contributed by atoms with van der Waals surface area (Å²) in [5.74, 6) is 0.821. The van der Waals surface area contributed by atoms with Gasteiger partial charge in [-0.3, -0.25) is 9.59 Å². The van der Waals surface area contributed by atoms with Crippen LogP contribution in [-0.4, -0.2) is 59.6 Å². The molecule has 8 nitrogen and oxygen atoms in total. The third-order valence-electron chi connectivity index (χ3n) is 7.38. The second-order valence-electron chi connectivity index (χ2n) is 10.4. The molecule has 4 rings (SSSR count). The van der Waals surface area contributed by atoms with E-state index in [0.29, 0.717) is 31.8 Å². The predicted octanol–water partition coefficient (Wildman–Crippen LogP) is 5.05. The second kappa shape index (κ2) is 14.6. The third-order valence-corrected chi connectivity index (χ3v) is 7.38. The summed E-state index contributed by atoms with van der Waals surface area (Å²) in [6.45, 7) is 3.86. The topological polar surface area (TPSA) is 108 Å². The van der Waals surface area contributed by atoms with E-state index in [1.54, 1.807) is 4.90 Å². The van der Waals surface area contributed by atoms with Gasteiger partial charge >= 0.3 is 5.97 Å². The fraction of sp³-hybridized carbons (Fsp3) is 0.438. The van der Waals surface area contributed by atoms with Crippen LogP contribution in [0.2, 0.25) is 0 Å². The standard InChI is InChI=1S/C32H40N4O4/c1-3-4-5-6-7-18-40-28-14-12-24(13-15-28)27-20-34-30(35-21-27)25-10-8-23(9-11-25)19-29(33)31(37)36-17-16-26(22-36)32(38)39-2/h8-15,20-21,26,29H,3-7,16-19,22,33H2,1-2H3/t26-,29-/m0/s1. The van der Waals surface area contributed by atoms with Crippen LogP contribution in [-0.2, 0) is 20.7 Å². The van der Waals surface area contributed by atoms with Gasteiger partial charge < -0.3 is 20.1 Å². The Labute approximate surface area is 236 Å². The van der Waals surface area contributed by atoms with Crippen molar-refractivity contribution in [3.63, 3.8) is 0 Å². The van der Waals surface area contributed by atoms with Crippen LogP contribution in [0.3, 0.4) is 0 Å². The van der Waals surface area contributed by atoms with Crippen molar-refractivity contribution in [2.45, 2.75) is 57.9 Å². The van der Waals surface area contributed by atoms with E-state index in [1.807, 2.05) is 60.9 Å². The number of hydrogen-bond donors (Lipinski definition) is 1. The number of nitrogens with two attached hydrogens (primary N) is 1. The lowest BCUT2D eigenvalue weighted by atomic mass is 10.0. The smallest absolute Gasteiger partial charge is 0.310 e. The highest BCUT2D eigenvalue weighted by Gasteiger charge is 2.33. The normalized spacial score (nSPS) is 15.6. The maximum Gasteiger partial charge on any atom is 0.310 e. The molecule has 0 spiro atoms. The zero-order chi connectivity index (χ0) is 28.3. The van der Waals surface area contributed by atoms with Gasteiger partial charge in [-0.25, -0.2) is 9.97 Å². The molecular weight excluding hydrogens is 504 g/mol. The van der Waals surface area contributed by atoms with Crippen LogP contribution >= 0.6 is 0 Å². The minimum absolute atomic E-state index is 0.142. The van der Waals surface area contributed by atoms with E-state index < -0.39 is 6.04 Å². The number of amides is 1. The lowest BCUT2D eigenvalue weighted by Gasteiger charge is -2.20. The molecule has 3 aromatic rings. The maximum atomic E-state index is 12.8. The molecule has 2 atom stereocenters. The van der Waals surface area contributed by atoms with E-state index in [1.165, 1.54) is 32.8 Å². The molecule has 40 heavy (non-hydrogen) atoms. The van der Waals surface area contributed by atoms with Gasteiger partial charge in [-0.15, -0.1) is 0 Å². The molecule has 0 unspecified atom stereocenters. The molecule has 1 aromatic heterocycles. The Bertz CT molecular complexity index is 1230. The van der Waals surface area contributed by atoms with Crippen molar-refractivity contribution < 1.29 is 19.1 Å². The number of unbranched alkanes of at least 4 members (excludes halogenated alkanes) is 4. The Balaban J connectivity index is 1.27. The van der Waals surface area contributed by atoms with Crippen molar-refractivity contribution in [3.8, 4) is 28.3 Å². The van der Waals surface area contributed by atoms with E-state index in [0.717, 1.165) is 41.0 Å². The molecule has 1 saturated heterocycles. The molecule has 2 heterocycles. The maximum absolute atomic E-state index is 12.8. The largest absolute Gasteiger partial charge is 0.494 e. The minimum atomic E-state index is -0.666. The van der Waals surface area contributed by atoms with E-state index in [4.69, 9.17) is 15.2 Å². The first-order valence-corrected chi connectivity index (χ1v) is 14.2. The van der Waals surface area contributed by atoms with Crippen LogP contribution in [0, 0.1) is 5.92 Å². The first kappa shape index (κ1) is 29.2. The zero-order valence-electron chi connectivity index (χ0n) is 23.6. The zero-order valence-corrected chi connectivity index (χ0v) is 23.6. The number of nitrogens with zero attached hydrogens (tertiary/aromatic N) is 3. The van der Waals surface area contributed by atoms with E-state index in [2.05, 4.69) is 16.9 Å². The van der Waals surface area contributed by atoms with E-state index in [9.17, 15) is 9.59 Å². The Morgan fingerprint density at radius 1 is 0.950 bits per heavy atom. The number of carbonyl (C=O) groups is 2. The van der Waals surface area contributed by atoms with Crippen LogP contribution in [0.25, 0.3) is 22.5 Å². The Morgan fingerprint density at radius 3 is 2.30 bits per heavy atom. The lowest BCUT2D eigenvalue weighted by molar-refractivity contribution is -0.145. The average Bonchev–Trinajstić information content (AvgIpc) is 3.49. The molecule has 8 heteroatoms. The number of likely N-dealkylation sites (tertiary alicyclic amines) is 1. The molecule has 2 aromatic carbocycles. The van der Waals surface area contributed by atoms with Gasteiger partial charge in [0.2, 0.25) is 5.91 Å². The highest BCUT2D eigenvalue weighted by molar-refractivity contribution is 5.83. The summed E-state index contributed by atoms with van der Waals surface area (Å²) in [6, 6.07) is 15.2. The van der Waals surface area contributed by atoms with Crippen LogP contribution in [0.5, 0.6) is 5.75 Å². The quantitative estimate of drug-likeness (QED) is 0.237. The number of ether oxygens (including phenoxy) is 2. The van der Waals surface area contributed by atoms with E-state index >= 15 is 0 Å². The van der Waals surface area contributed by atoms with Crippen LogP contribution in [0.1, 0.15) is 51.0 Å². The fourth-order valence-electron chi connectivity index (χ4n) is 4.95. The molecular formula is C32H40N4O4. The summed E-state index contributed by atoms with van der Waals surface area (Å²) >= 11 is 0. The highest BCUT2D eigenvalue weighted by Crippen LogP contribution is 2.24. The molecule has 0 saturated carbocycles. The van der Waals surface area contributed by atoms with Crippen molar-refractivity contribution in [3.05, 3.63) is 66.5 Å². The van der Waals surface area contributed by atoms with Crippen LogP contribution in [0.15, 0.2) is 60.9 Å². The lowest BCUT2D eigenvalue weighted by Crippen LogP contribution is -2.44. The minimum Gasteiger partial charge on any atom is -0.494 e. The summed E-state index contributed by atoms with van der Waals surface area (Å²) in [5.41, 5.74) is 10.0. The summed E-state index contributed by atoms with van der Waals surface area (Å²) in [6.07, 6.45) is 10.8. The van der Waals surface area contributed by atoms with Gasteiger partial charge in [-0.05, 0) is 42.5 Å². The van der Waals surface area contributed by atoms with Gasteiger partial charge in [-0.1, -0.05) is 69.0 Å². The van der Waals surface area contributed by atoms with Crippen molar-refractivity contribution in [2.75, 3.05) is 26.8 Å². The molecule has 0 aliphatic carbocycles. The van der Waals surface area contributed by atoms with Crippen LogP contribution in [0.4, 0.5) is 0 Å². The molecule has 0 radical (unpaired) electrons. The summed E-state index contributed by atoms with van der Waals surface area (Å²) in [5, 5.41) is 0. The number of carbonyl (C=O) groups excluding carboxylic acids is 2. The summed E-state index contributed by atoms with van der Waals surface area (Å²) < 4.78 is 10.7. The van der Waals surface area contributed by atoms with Crippen molar-refractivity contribution in [2.24, 2.45) is 11.7 Å². The van der Waals surface area contributed by atoms with Gasteiger partial charge in [0.1, 0.15) is 5.75 Å². The second-order valence-corrected chi connectivity index (χ2v) is 10.4. The van der Waals surface area contributed by atoms with Gasteiger partial charge in [0.15, 0.2) is 5.82 Å². The SMILES string of the molecule is CCCCCCCOc1ccc(-c2cnc(-c3ccc(C[C@H](N)C(=O)N4CC[C@H](C(=O)OC)C4)cc3)nc2)cc1.